The first-order chi connectivity index (χ1) is 17.9. The molecule has 0 radical (unpaired) electrons. The maximum absolute atomic E-state index is 13.8. The fourth-order valence-corrected chi connectivity index (χ4v) is 6.33. The molecule has 0 saturated carbocycles. The number of benzene rings is 2. The van der Waals surface area contributed by atoms with E-state index in [1.807, 2.05) is 73.0 Å². The van der Waals surface area contributed by atoms with Gasteiger partial charge in [0.15, 0.2) is 11.2 Å². The van der Waals surface area contributed by atoms with Crippen LogP contribution in [0.4, 0.5) is 5.13 Å². The van der Waals surface area contributed by atoms with Crippen LogP contribution >= 0.6 is 23.1 Å². The van der Waals surface area contributed by atoms with Gasteiger partial charge in [0.1, 0.15) is 23.7 Å². The van der Waals surface area contributed by atoms with Crippen LogP contribution in [-0.2, 0) is 23.9 Å². The number of thiazole rings is 1. The second-order valence-electron chi connectivity index (χ2n) is 8.66. The number of amides is 1. The molecule has 2 aliphatic heterocycles. The maximum atomic E-state index is 13.8. The topological polar surface area (TPSA) is 97.8 Å². The van der Waals surface area contributed by atoms with Crippen LogP contribution in [-0.4, -0.2) is 51.5 Å². The molecule has 5 rings (SSSR count). The van der Waals surface area contributed by atoms with Gasteiger partial charge < -0.3 is 14.8 Å². The Bertz CT molecular complexity index is 1300. The predicted molar refractivity (Wildman–Crippen MR) is 142 cm³/mol. The van der Waals surface area contributed by atoms with Crippen molar-refractivity contribution < 1.29 is 23.9 Å². The summed E-state index contributed by atoms with van der Waals surface area (Å²) < 4.78 is 11.3. The van der Waals surface area contributed by atoms with Crippen molar-refractivity contribution in [3.8, 4) is 0 Å². The second-order valence-corrected chi connectivity index (χ2v) is 10.6. The predicted octanol–water partition coefficient (Wildman–Crippen LogP) is 4.30. The van der Waals surface area contributed by atoms with E-state index in [4.69, 9.17) is 9.47 Å². The van der Waals surface area contributed by atoms with Gasteiger partial charge in [0.05, 0.1) is 5.69 Å². The van der Waals surface area contributed by atoms with Gasteiger partial charge in [0.25, 0.3) is 5.91 Å². The van der Waals surface area contributed by atoms with E-state index in [0.717, 1.165) is 16.8 Å². The summed E-state index contributed by atoms with van der Waals surface area (Å²) >= 11 is 2.93. The number of nitrogens with zero attached hydrogens (tertiary/aromatic N) is 2. The fourth-order valence-electron chi connectivity index (χ4n) is 4.27. The third kappa shape index (κ3) is 5.26. The molecule has 8 nitrogen and oxygen atoms in total. The first-order valence-corrected chi connectivity index (χ1v) is 13.6. The van der Waals surface area contributed by atoms with Crippen molar-refractivity contribution in [3.63, 3.8) is 0 Å². The van der Waals surface area contributed by atoms with Gasteiger partial charge in [-0.05, 0) is 18.1 Å². The Balaban J connectivity index is 1.44. The number of nitrogens with one attached hydrogen (secondary N) is 1. The van der Waals surface area contributed by atoms with Crippen molar-refractivity contribution in [1.82, 2.24) is 9.88 Å². The largest absolute Gasteiger partial charge is 0.461 e. The Labute approximate surface area is 222 Å². The Kier molecular flexibility index (Phi) is 7.29. The van der Waals surface area contributed by atoms with E-state index in [1.165, 1.54) is 34.9 Å². The van der Waals surface area contributed by atoms with Crippen LogP contribution in [0.25, 0.3) is 0 Å². The summed E-state index contributed by atoms with van der Waals surface area (Å²) in [6.07, 6.45) is -0.672. The SMILES string of the molecule is CC(=O)OCC1=C(C(=O)OC(c2ccccc2)c2ccccc2)N2C(=O)[C@@H](Nc3nc(C)cs3)[C@H]2SC1. The van der Waals surface area contributed by atoms with Crippen molar-refractivity contribution in [3.05, 3.63) is 94.1 Å². The van der Waals surface area contributed by atoms with Gasteiger partial charge in [-0.25, -0.2) is 9.78 Å². The highest BCUT2D eigenvalue weighted by Crippen LogP contribution is 2.43. The van der Waals surface area contributed by atoms with Crippen LogP contribution in [0.3, 0.4) is 0 Å². The summed E-state index contributed by atoms with van der Waals surface area (Å²) in [5.41, 5.74) is 3.16. The highest BCUT2D eigenvalue weighted by atomic mass is 32.2. The number of aryl methyl sites for hydroxylation is 1. The zero-order valence-corrected chi connectivity index (χ0v) is 21.9. The number of thioether (sulfide) groups is 1. The zero-order chi connectivity index (χ0) is 25.9. The molecule has 10 heteroatoms. The van der Waals surface area contributed by atoms with E-state index in [2.05, 4.69) is 10.3 Å². The van der Waals surface area contributed by atoms with Crippen LogP contribution in [0.5, 0.6) is 0 Å². The molecular formula is C27H25N3O5S2. The summed E-state index contributed by atoms with van der Waals surface area (Å²) in [6.45, 7) is 3.11. The monoisotopic (exact) mass is 535 g/mol. The van der Waals surface area contributed by atoms with Crippen LogP contribution < -0.4 is 5.32 Å². The van der Waals surface area contributed by atoms with E-state index in [9.17, 15) is 14.4 Å². The van der Waals surface area contributed by atoms with Crippen LogP contribution in [0, 0.1) is 6.92 Å². The molecule has 3 aromatic rings. The number of hydrogen-bond donors (Lipinski definition) is 1. The number of ether oxygens (including phenoxy) is 2. The number of carbonyl (C=O) groups excluding carboxylic acids is 3. The minimum absolute atomic E-state index is 0.0889. The van der Waals surface area contributed by atoms with Crippen molar-refractivity contribution in [2.45, 2.75) is 31.4 Å². The van der Waals surface area contributed by atoms with Gasteiger partial charge in [0.2, 0.25) is 0 Å². The molecule has 190 valence electrons. The fraction of sp³-hybridized carbons (Fsp3) is 0.259. The minimum Gasteiger partial charge on any atom is -0.461 e. The summed E-state index contributed by atoms with van der Waals surface area (Å²) in [5.74, 6) is -0.939. The van der Waals surface area contributed by atoms with Crippen molar-refractivity contribution in [2.24, 2.45) is 0 Å². The normalized spacial score (nSPS) is 18.8. The van der Waals surface area contributed by atoms with Crippen molar-refractivity contribution in [2.75, 3.05) is 17.7 Å². The van der Waals surface area contributed by atoms with E-state index < -0.39 is 24.1 Å². The summed E-state index contributed by atoms with van der Waals surface area (Å²) in [6, 6.07) is 18.4. The molecule has 1 saturated heterocycles. The smallest absolute Gasteiger partial charge is 0.356 e. The van der Waals surface area contributed by atoms with Crippen molar-refractivity contribution >= 4 is 46.1 Å². The number of anilines is 1. The second kappa shape index (κ2) is 10.8. The standard InChI is InChI=1S/C27H25N3O5S2/c1-16-14-37-27(28-16)29-21-24(32)30-22(20(13-34-17(2)31)15-36-25(21)30)26(33)35-23(18-9-5-3-6-10-18)19-11-7-4-8-12-19/h3-12,14,21,23,25H,13,15H2,1-2H3,(H,28,29)/t21-,25-/m1/s1. The lowest BCUT2D eigenvalue weighted by atomic mass is 10.0. The zero-order valence-electron chi connectivity index (χ0n) is 20.2. The first kappa shape index (κ1) is 25.0. The average Bonchev–Trinajstić information content (AvgIpc) is 3.34. The molecule has 2 atom stereocenters. The quantitative estimate of drug-likeness (QED) is 0.337. The molecule has 0 aliphatic carbocycles. The summed E-state index contributed by atoms with van der Waals surface area (Å²) in [7, 11) is 0. The Morgan fingerprint density at radius 2 is 1.76 bits per heavy atom. The molecule has 1 amide bonds. The maximum Gasteiger partial charge on any atom is 0.356 e. The molecule has 1 N–H and O–H groups in total. The molecule has 37 heavy (non-hydrogen) atoms. The molecule has 3 heterocycles. The van der Waals surface area contributed by atoms with Crippen LogP contribution in [0.1, 0.15) is 29.8 Å². The van der Waals surface area contributed by atoms with Gasteiger partial charge in [-0.2, -0.15) is 0 Å². The average molecular weight is 536 g/mol. The number of esters is 2. The number of fused-ring (bicyclic) bond motifs is 1. The number of β-lactam (4-membered cyclic amide) rings is 1. The molecule has 1 aromatic heterocycles. The van der Waals surface area contributed by atoms with Crippen molar-refractivity contribution in [1.29, 1.82) is 0 Å². The van der Waals surface area contributed by atoms with E-state index in [1.54, 1.807) is 0 Å². The molecule has 0 unspecified atom stereocenters. The van der Waals surface area contributed by atoms with E-state index in [0.29, 0.717) is 16.5 Å². The Morgan fingerprint density at radius 3 is 2.32 bits per heavy atom. The van der Waals surface area contributed by atoms with E-state index in [-0.39, 0.29) is 23.6 Å². The van der Waals surface area contributed by atoms with Gasteiger partial charge in [-0.1, -0.05) is 60.7 Å². The van der Waals surface area contributed by atoms with Crippen LogP contribution in [0.2, 0.25) is 0 Å². The highest BCUT2D eigenvalue weighted by Gasteiger charge is 2.54. The van der Waals surface area contributed by atoms with Gasteiger partial charge in [-0.3, -0.25) is 14.5 Å². The molecular weight excluding hydrogens is 510 g/mol. The van der Waals surface area contributed by atoms with Gasteiger partial charge in [-0.15, -0.1) is 23.1 Å². The molecule has 1 fully saturated rings. The molecule has 2 aliphatic rings. The lowest BCUT2D eigenvalue weighted by Crippen LogP contribution is -2.67. The number of carbonyl (C=O) groups is 3. The summed E-state index contributed by atoms with van der Waals surface area (Å²) in [5, 5.41) is 5.45. The number of hydrogen-bond acceptors (Lipinski definition) is 9. The Hall–Kier alpha value is -3.63. The van der Waals surface area contributed by atoms with E-state index >= 15 is 0 Å². The Morgan fingerprint density at radius 1 is 1.11 bits per heavy atom. The third-order valence-electron chi connectivity index (χ3n) is 6.02. The third-order valence-corrected chi connectivity index (χ3v) is 8.25. The van der Waals surface area contributed by atoms with Crippen LogP contribution in [0.15, 0.2) is 77.3 Å². The highest BCUT2D eigenvalue weighted by molar-refractivity contribution is 8.00. The molecule has 0 bridgehead atoms. The number of aromatic nitrogens is 1. The molecule has 0 spiro atoms. The minimum atomic E-state index is -0.672. The lowest BCUT2D eigenvalue weighted by Gasteiger charge is -2.49. The summed E-state index contributed by atoms with van der Waals surface area (Å²) in [4.78, 5) is 44.5. The number of rotatable bonds is 8. The van der Waals surface area contributed by atoms with Gasteiger partial charge >= 0.3 is 11.9 Å². The lowest BCUT2D eigenvalue weighted by molar-refractivity contribution is -0.152. The molecule has 2 aromatic carbocycles. The van der Waals surface area contributed by atoms with Gasteiger partial charge in [0, 0.05) is 23.6 Å². The first-order valence-electron chi connectivity index (χ1n) is 11.7.